The standard InChI is InChI=1S/C23H33N5O7/c1-5-19(30)25-13(3)21(32)26-14(4)22(33)28-17(11-18(24)29)23(34)27-16-9-7-15(8-10-16)12-35-20(31)6-2/h7-10,13-14,17H,5-6,11-12H2,1-4H3,(H2,24,29)(H,25,30)(H,26,32)(H,27,34)(H,28,33). The molecular formula is C23H33N5O7. The van der Waals surface area contributed by atoms with Gasteiger partial charge in [-0.1, -0.05) is 26.0 Å². The third-order valence-electron chi connectivity index (χ3n) is 4.79. The topological polar surface area (TPSA) is 186 Å². The van der Waals surface area contributed by atoms with Crippen LogP contribution in [0.5, 0.6) is 0 Å². The van der Waals surface area contributed by atoms with Crippen LogP contribution in [0.3, 0.4) is 0 Å². The number of rotatable bonds is 13. The molecule has 0 fully saturated rings. The maximum Gasteiger partial charge on any atom is 0.305 e. The van der Waals surface area contributed by atoms with Gasteiger partial charge in [0.05, 0.1) is 6.42 Å². The summed E-state index contributed by atoms with van der Waals surface area (Å²) in [5.74, 6) is -3.47. The number of anilines is 1. The molecule has 0 bridgehead atoms. The van der Waals surface area contributed by atoms with E-state index in [1.165, 1.54) is 13.8 Å². The molecule has 0 heterocycles. The smallest absolute Gasteiger partial charge is 0.305 e. The quantitative estimate of drug-likeness (QED) is 0.238. The Labute approximate surface area is 203 Å². The number of carbonyl (C=O) groups is 6. The van der Waals surface area contributed by atoms with E-state index in [9.17, 15) is 28.8 Å². The number of hydrogen-bond donors (Lipinski definition) is 5. The highest BCUT2D eigenvalue weighted by molar-refractivity contribution is 6.00. The van der Waals surface area contributed by atoms with Gasteiger partial charge in [0.1, 0.15) is 24.7 Å². The van der Waals surface area contributed by atoms with Crippen LogP contribution in [-0.2, 0) is 40.1 Å². The Morgan fingerprint density at radius 3 is 1.94 bits per heavy atom. The number of benzene rings is 1. The van der Waals surface area contributed by atoms with Gasteiger partial charge in [0, 0.05) is 18.5 Å². The zero-order valence-corrected chi connectivity index (χ0v) is 20.3. The van der Waals surface area contributed by atoms with Crippen LogP contribution in [0.2, 0.25) is 0 Å². The lowest BCUT2D eigenvalue weighted by atomic mass is 10.1. The zero-order chi connectivity index (χ0) is 26.5. The van der Waals surface area contributed by atoms with Crippen molar-refractivity contribution in [3.63, 3.8) is 0 Å². The molecule has 0 radical (unpaired) electrons. The van der Waals surface area contributed by atoms with Crippen molar-refractivity contribution < 1.29 is 33.5 Å². The summed E-state index contributed by atoms with van der Waals surface area (Å²) in [5.41, 5.74) is 6.31. The van der Waals surface area contributed by atoms with Gasteiger partial charge in [0.25, 0.3) is 0 Å². The lowest BCUT2D eigenvalue weighted by molar-refractivity contribution is -0.144. The second-order valence-electron chi connectivity index (χ2n) is 7.81. The molecule has 0 saturated carbocycles. The molecule has 0 aliphatic carbocycles. The number of amides is 5. The van der Waals surface area contributed by atoms with E-state index in [1.54, 1.807) is 38.1 Å². The summed E-state index contributed by atoms with van der Waals surface area (Å²) in [4.78, 5) is 71.6. The number of hydrogen-bond acceptors (Lipinski definition) is 7. The number of primary amides is 1. The normalized spacial score (nSPS) is 12.9. The first-order valence-electron chi connectivity index (χ1n) is 11.2. The average Bonchev–Trinajstić information content (AvgIpc) is 2.82. The largest absolute Gasteiger partial charge is 0.461 e. The highest BCUT2D eigenvalue weighted by Gasteiger charge is 2.27. The Bertz CT molecular complexity index is 933. The second kappa shape index (κ2) is 14.3. The average molecular weight is 492 g/mol. The summed E-state index contributed by atoms with van der Waals surface area (Å²) >= 11 is 0. The molecule has 3 atom stereocenters. The lowest BCUT2D eigenvalue weighted by Crippen LogP contribution is -2.55. The molecule has 1 aromatic rings. The molecular weight excluding hydrogens is 458 g/mol. The Hall–Kier alpha value is -3.96. The van der Waals surface area contributed by atoms with E-state index >= 15 is 0 Å². The first-order chi connectivity index (χ1) is 16.5. The van der Waals surface area contributed by atoms with E-state index in [4.69, 9.17) is 10.5 Å². The number of nitrogens with two attached hydrogens (primary N) is 1. The van der Waals surface area contributed by atoms with Gasteiger partial charge >= 0.3 is 5.97 Å². The second-order valence-corrected chi connectivity index (χ2v) is 7.81. The molecule has 1 rings (SSSR count). The molecule has 12 nitrogen and oxygen atoms in total. The number of ether oxygens (including phenoxy) is 1. The predicted molar refractivity (Wildman–Crippen MR) is 126 cm³/mol. The van der Waals surface area contributed by atoms with Crippen LogP contribution < -0.4 is 27.0 Å². The molecule has 192 valence electrons. The van der Waals surface area contributed by atoms with Gasteiger partial charge < -0.3 is 31.7 Å². The molecule has 35 heavy (non-hydrogen) atoms. The van der Waals surface area contributed by atoms with E-state index < -0.39 is 48.2 Å². The van der Waals surface area contributed by atoms with Crippen molar-refractivity contribution in [2.45, 2.75) is 71.7 Å². The van der Waals surface area contributed by atoms with Crippen molar-refractivity contribution in [1.29, 1.82) is 0 Å². The van der Waals surface area contributed by atoms with Crippen LogP contribution in [0.15, 0.2) is 24.3 Å². The van der Waals surface area contributed by atoms with Crippen molar-refractivity contribution in [2.24, 2.45) is 5.73 Å². The minimum absolute atomic E-state index is 0.0889. The van der Waals surface area contributed by atoms with E-state index in [0.29, 0.717) is 11.3 Å². The number of nitrogens with one attached hydrogen (secondary N) is 4. The highest BCUT2D eigenvalue weighted by atomic mass is 16.5. The van der Waals surface area contributed by atoms with Crippen molar-refractivity contribution >= 4 is 41.2 Å². The summed E-state index contributed by atoms with van der Waals surface area (Å²) in [5, 5.41) is 9.89. The maximum atomic E-state index is 12.7. The SMILES string of the molecule is CCC(=O)NC(C)C(=O)NC(C)C(=O)NC(CC(N)=O)C(=O)Nc1ccc(COC(=O)CC)cc1. The molecule has 5 amide bonds. The maximum absolute atomic E-state index is 12.7. The van der Waals surface area contributed by atoms with E-state index in [2.05, 4.69) is 21.3 Å². The number of esters is 1. The molecule has 1 aromatic carbocycles. The summed E-state index contributed by atoms with van der Waals surface area (Å²) in [6, 6.07) is 3.23. The molecule has 0 saturated heterocycles. The fourth-order valence-corrected chi connectivity index (χ4v) is 2.70. The minimum Gasteiger partial charge on any atom is -0.461 e. The molecule has 0 aromatic heterocycles. The third-order valence-corrected chi connectivity index (χ3v) is 4.79. The van der Waals surface area contributed by atoms with Crippen molar-refractivity contribution in [3.05, 3.63) is 29.8 Å². The van der Waals surface area contributed by atoms with Gasteiger partial charge in [-0.15, -0.1) is 0 Å². The monoisotopic (exact) mass is 491 g/mol. The molecule has 0 spiro atoms. The molecule has 0 aliphatic rings. The van der Waals surface area contributed by atoms with Gasteiger partial charge in [0.15, 0.2) is 0 Å². The van der Waals surface area contributed by atoms with E-state index in [1.807, 2.05) is 0 Å². The minimum atomic E-state index is -1.29. The number of carbonyl (C=O) groups excluding carboxylic acids is 6. The predicted octanol–water partition coefficient (Wildman–Crippen LogP) is -0.142. The van der Waals surface area contributed by atoms with Crippen LogP contribution in [0.4, 0.5) is 5.69 Å². The van der Waals surface area contributed by atoms with Crippen LogP contribution >= 0.6 is 0 Å². The van der Waals surface area contributed by atoms with Gasteiger partial charge in [-0.05, 0) is 31.5 Å². The summed E-state index contributed by atoms with van der Waals surface area (Å²) in [6.45, 7) is 6.27. The summed E-state index contributed by atoms with van der Waals surface area (Å²) < 4.78 is 5.04. The van der Waals surface area contributed by atoms with Crippen LogP contribution in [0, 0.1) is 0 Å². The Kier molecular flexibility index (Phi) is 11.9. The van der Waals surface area contributed by atoms with E-state index in [-0.39, 0.29) is 31.3 Å². The van der Waals surface area contributed by atoms with Crippen molar-refractivity contribution in [1.82, 2.24) is 16.0 Å². The van der Waals surface area contributed by atoms with Crippen LogP contribution in [0.25, 0.3) is 0 Å². The summed E-state index contributed by atoms with van der Waals surface area (Å²) in [7, 11) is 0. The van der Waals surface area contributed by atoms with Crippen LogP contribution in [0.1, 0.15) is 52.5 Å². The zero-order valence-electron chi connectivity index (χ0n) is 20.3. The van der Waals surface area contributed by atoms with E-state index in [0.717, 1.165) is 0 Å². The fraction of sp³-hybridized carbons (Fsp3) is 0.478. The van der Waals surface area contributed by atoms with Gasteiger partial charge in [-0.25, -0.2) is 0 Å². The molecule has 12 heteroatoms. The van der Waals surface area contributed by atoms with Gasteiger partial charge in [-0.3, -0.25) is 28.8 Å². The van der Waals surface area contributed by atoms with Crippen LogP contribution in [-0.4, -0.2) is 53.6 Å². The Morgan fingerprint density at radius 2 is 1.40 bits per heavy atom. The molecule has 3 unspecified atom stereocenters. The summed E-state index contributed by atoms with van der Waals surface area (Å²) in [6.07, 6.45) is -0.00326. The fourth-order valence-electron chi connectivity index (χ4n) is 2.70. The molecule has 0 aliphatic heterocycles. The third kappa shape index (κ3) is 10.7. The van der Waals surface area contributed by atoms with Crippen molar-refractivity contribution in [2.75, 3.05) is 5.32 Å². The first-order valence-corrected chi connectivity index (χ1v) is 11.2. The first kappa shape index (κ1) is 29.1. The lowest BCUT2D eigenvalue weighted by Gasteiger charge is -2.22. The Balaban J connectivity index is 2.74. The Morgan fingerprint density at radius 1 is 0.829 bits per heavy atom. The van der Waals surface area contributed by atoms with Gasteiger partial charge in [-0.2, -0.15) is 0 Å². The van der Waals surface area contributed by atoms with Crippen molar-refractivity contribution in [3.8, 4) is 0 Å². The van der Waals surface area contributed by atoms with Gasteiger partial charge in [0.2, 0.25) is 29.5 Å². The highest BCUT2D eigenvalue weighted by Crippen LogP contribution is 2.12. The molecule has 6 N–H and O–H groups in total.